The quantitative estimate of drug-likeness (QED) is 0.341. The van der Waals surface area contributed by atoms with Crippen LogP contribution in [0, 0.1) is 0 Å². The zero-order valence-corrected chi connectivity index (χ0v) is 11.2. The highest BCUT2D eigenvalue weighted by Gasteiger charge is 2.14. The van der Waals surface area contributed by atoms with E-state index in [-0.39, 0.29) is 18.1 Å². The third-order valence-corrected chi connectivity index (χ3v) is 2.93. The first-order chi connectivity index (χ1) is 8.69. The lowest BCUT2D eigenvalue weighted by Gasteiger charge is -2.17. The standard InChI is InChI=1S/C13H16O4S/c1-3-16-12(14)11(13(15)17-4-2)18-10-8-6-5-7-9-10/h5-9,14H,3-4H2,1-2H3/p-1/b12-11+. The van der Waals surface area contributed by atoms with Crippen LogP contribution in [0.1, 0.15) is 13.8 Å². The maximum atomic E-state index is 11.7. The summed E-state index contributed by atoms with van der Waals surface area (Å²) in [5.74, 6) is -1.30. The number of benzene rings is 1. The molecule has 0 fully saturated rings. The van der Waals surface area contributed by atoms with Gasteiger partial charge in [0, 0.05) is 4.90 Å². The molecule has 0 atom stereocenters. The predicted octanol–water partition coefficient (Wildman–Crippen LogP) is 1.91. The van der Waals surface area contributed by atoms with Crippen LogP contribution >= 0.6 is 11.8 Å². The zero-order chi connectivity index (χ0) is 13.4. The molecule has 0 bridgehead atoms. The summed E-state index contributed by atoms with van der Waals surface area (Å²) in [5.41, 5.74) is 0. The fourth-order valence-corrected chi connectivity index (χ4v) is 1.98. The predicted molar refractivity (Wildman–Crippen MR) is 67.6 cm³/mol. The summed E-state index contributed by atoms with van der Waals surface area (Å²) in [4.78, 5) is 12.4. The molecule has 0 saturated heterocycles. The van der Waals surface area contributed by atoms with Crippen molar-refractivity contribution in [2.75, 3.05) is 13.2 Å². The molecule has 0 aliphatic heterocycles. The van der Waals surface area contributed by atoms with Crippen molar-refractivity contribution in [3.8, 4) is 0 Å². The van der Waals surface area contributed by atoms with E-state index in [0.717, 1.165) is 16.7 Å². The van der Waals surface area contributed by atoms with Crippen LogP contribution in [0.3, 0.4) is 0 Å². The van der Waals surface area contributed by atoms with Crippen LogP contribution in [0.4, 0.5) is 0 Å². The molecule has 0 spiro atoms. The molecule has 1 rings (SSSR count). The average molecular weight is 267 g/mol. The fourth-order valence-electron chi connectivity index (χ4n) is 1.17. The minimum Gasteiger partial charge on any atom is -0.613 e. The number of hydrogen-bond acceptors (Lipinski definition) is 5. The van der Waals surface area contributed by atoms with Crippen LogP contribution < -0.4 is 5.11 Å². The van der Waals surface area contributed by atoms with E-state index in [0.29, 0.717) is 0 Å². The summed E-state index contributed by atoms with van der Waals surface area (Å²) in [5, 5.41) is 11.7. The minimum atomic E-state index is -0.648. The summed E-state index contributed by atoms with van der Waals surface area (Å²) in [6.07, 6.45) is 0. The van der Waals surface area contributed by atoms with Crippen molar-refractivity contribution in [3.63, 3.8) is 0 Å². The molecule has 0 amide bonds. The molecule has 0 aliphatic rings. The van der Waals surface area contributed by atoms with E-state index in [1.165, 1.54) is 0 Å². The molecule has 1 aromatic rings. The Balaban J connectivity index is 2.91. The smallest absolute Gasteiger partial charge is 0.346 e. The Bertz CT molecular complexity index is 414. The van der Waals surface area contributed by atoms with Gasteiger partial charge in [-0.3, -0.25) is 0 Å². The second-order valence-corrected chi connectivity index (χ2v) is 4.27. The van der Waals surface area contributed by atoms with Gasteiger partial charge in [-0.25, -0.2) is 4.79 Å². The van der Waals surface area contributed by atoms with E-state index in [4.69, 9.17) is 9.47 Å². The molecule has 0 aromatic heterocycles. The number of carbonyl (C=O) groups is 1. The van der Waals surface area contributed by atoms with Crippen LogP contribution in [-0.4, -0.2) is 19.2 Å². The van der Waals surface area contributed by atoms with Crippen molar-refractivity contribution >= 4 is 17.7 Å². The molecule has 18 heavy (non-hydrogen) atoms. The summed E-state index contributed by atoms with van der Waals surface area (Å²) in [6, 6.07) is 9.14. The lowest BCUT2D eigenvalue weighted by atomic mass is 10.4. The summed E-state index contributed by atoms with van der Waals surface area (Å²) < 4.78 is 9.69. The van der Waals surface area contributed by atoms with Gasteiger partial charge in [-0.15, -0.1) is 0 Å². The van der Waals surface area contributed by atoms with Gasteiger partial charge in [0.25, 0.3) is 0 Å². The summed E-state index contributed by atoms with van der Waals surface area (Å²) in [6.45, 7) is 3.82. The average Bonchev–Trinajstić information content (AvgIpc) is 2.37. The Hall–Kier alpha value is -1.62. The Kier molecular flexibility index (Phi) is 6.14. The number of ether oxygens (including phenoxy) is 2. The van der Waals surface area contributed by atoms with Gasteiger partial charge in [0.05, 0.1) is 12.6 Å². The first-order valence-electron chi connectivity index (χ1n) is 5.63. The lowest BCUT2D eigenvalue weighted by molar-refractivity contribution is -0.357. The molecule has 1 aromatic carbocycles. The zero-order valence-electron chi connectivity index (χ0n) is 10.3. The van der Waals surface area contributed by atoms with E-state index >= 15 is 0 Å². The number of thioether (sulfide) groups is 1. The maximum Gasteiger partial charge on any atom is 0.346 e. The fraction of sp³-hybridized carbons (Fsp3) is 0.308. The molecule has 0 radical (unpaired) electrons. The lowest BCUT2D eigenvalue weighted by Crippen LogP contribution is -2.17. The first kappa shape index (κ1) is 14.4. The van der Waals surface area contributed by atoms with Crippen LogP contribution in [0.25, 0.3) is 0 Å². The van der Waals surface area contributed by atoms with Crippen LogP contribution in [-0.2, 0) is 14.3 Å². The van der Waals surface area contributed by atoms with Gasteiger partial charge in [-0.1, -0.05) is 36.9 Å². The molecule has 0 aliphatic carbocycles. The molecule has 4 nitrogen and oxygen atoms in total. The Morgan fingerprint density at radius 2 is 1.78 bits per heavy atom. The van der Waals surface area contributed by atoms with Gasteiger partial charge in [0.15, 0.2) is 0 Å². The number of carbonyl (C=O) groups excluding carboxylic acids is 1. The maximum absolute atomic E-state index is 11.7. The van der Waals surface area contributed by atoms with E-state index in [2.05, 4.69) is 0 Å². The summed E-state index contributed by atoms with van der Waals surface area (Å²) >= 11 is 1.05. The van der Waals surface area contributed by atoms with Crippen molar-refractivity contribution in [1.82, 2.24) is 0 Å². The molecular formula is C13H15O4S-. The highest BCUT2D eigenvalue weighted by molar-refractivity contribution is 8.04. The van der Waals surface area contributed by atoms with Crippen LogP contribution in [0.2, 0.25) is 0 Å². The van der Waals surface area contributed by atoms with Gasteiger partial charge < -0.3 is 14.6 Å². The van der Waals surface area contributed by atoms with Gasteiger partial charge >= 0.3 is 5.97 Å². The third-order valence-electron chi connectivity index (χ3n) is 1.88. The Morgan fingerprint density at radius 3 is 2.33 bits per heavy atom. The Morgan fingerprint density at radius 1 is 1.17 bits per heavy atom. The van der Waals surface area contributed by atoms with Gasteiger partial charge in [0.2, 0.25) is 0 Å². The van der Waals surface area contributed by atoms with Crippen LogP contribution in [0.5, 0.6) is 0 Å². The topological polar surface area (TPSA) is 58.6 Å². The molecule has 0 saturated carbocycles. The van der Waals surface area contributed by atoms with Crippen molar-refractivity contribution in [2.24, 2.45) is 0 Å². The van der Waals surface area contributed by atoms with Gasteiger partial charge in [-0.2, -0.15) is 0 Å². The molecule has 0 N–H and O–H groups in total. The molecule has 0 heterocycles. The summed E-state index contributed by atoms with van der Waals surface area (Å²) in [7, 11) is 0. The molecule has 98 valence electrons. The van der Waals surface area contributed by atoms with Crippen molar-refractivity contribution in [3.05, 3.63) is 41.2 Å². The van der Waals surface area contributed by atoms with E-state index < -0.39 is 11.9 Å². The molecule has 5 heteroatoms. The minimum absolute atomic E-state index is 0.0510. The highest BCUT2D eigenvalue weighted by atomic mass is 32.2. The normalized spacial score (nSPS) is 11.7. The largest absolute Gasteiger partial charge is 0.613 e. The van der Waals surface area contributed by atoms with Crippen molar-refractivity contribution in [1.29, 1.82) is 0 Å². The molecular weight excluding hydrogens is 252 g/mol. The van der Waals surface area contributed by atoms with Gasteiger partial charge in [0.1, 0.15) is 4.91 Å². The first-order valence-corrected chi connectivity index (χ1v) is 6.44. The van der Waals surface area contributed by atoms with Gasteiger partial charge in [-0.05, 0) is 25.7 Å². The number of hydrogen-bond donors (Lipinski definition) is 0. The van der Waals surface area contributed by atoms with E-state index in [1.807, 2.05) is 30.3 Å². The van der Waals surface area contributed by atoms with E-state index in [9.17, 15) is 9.90 Å². The Labute approximate surface area is 111 Å². The van der Waals surface area contributed by atoms with E-state index in [1.54, 1.807) is 13.8 Å². The molecule has 0 unspecified atom stereocenters. The third kappa shape index (κ3) is 4.33. The number of rotatable bonds is 6. The van der Waals surface area contributed by atoms with Crippen LogP contribution in [0.15, 0.2) is 46.1 Å². The second-order valence-electron chi connectivity index (χ2n) is 3.19. The number of esters is 1. The highest BCUT2D eigenvalue weighted by Crippen LogP contribution is 2.28. The second kappa shape index (κ2) is 7.66. The van der Waals surface area contributed by atoms with Crippen molar-refractivity contribution in [2.45, 2.75) is 18.7 Å². The van der Waals surface area contributed by atoms with Crippen molar-refractivity contribution < 1.29 is 19.4 Å². The monoisotopic (exact) mass is 267 g/mol. The SMILES string of the molecule is CCOC(=O)/C(Sc1ccccc1)=C(/[O-])OCC.